The Morgan fingerprint density at radius 3 is 1.30 bits per heavy atom. The van der Waals surface area contributed by atoms with Gasteiger partial charge in [0, 0.05) is 0 Å². The minimum absolute atomic E-state index is 1.31. The molecule has 173 valence electrons. The van der Waals surface area contributed by atoms with Gasteiger partial charge in [-0.1, -0.05) is 178 Å². The van der Waals surface area contributed by atoms with Gasteiger partial charge in [-0.25, -0.2) is 0 Å². The number of hydrogen-bond acceptors (Lipinski definition) is 0. The van der Waals surface area contributed by atoms with Crippen molar-refractivity contribution in [1.82, 2.24) is 0 Å². The van der Waals surface area contributed by atoms with Gasteiger partial charge < -0.3 is 0 Å². The molecule has 0 aromatic heterocycles. The van der Waals surface area contributed by atoms with Gasteiger partial charge in [0.2, 0.25) is 0 Å². The summed E-state index contributed by atoms with van der Waals surface area (Å²) >= 11 is 0. The molecule has 0 fully saturated rings. The number of benzene rings is 1. The Morgan fingerprint density at radius 1 is 0.533 bits per heavy atom. The summed E-state index contributed by atoms with van der Waals surface area (Å²) in [6.07, 6.45) is 27.5. The molecule has 1 rings (SSSR count). The van der Waals surface area contributed by atoms with E-state index in [-0.39, 0.29) is 0 Å². The van der Waals surface area contributed by atoms with Gasteiger partial charge in [-0.3, -0.25) is 0 Å². The fraction of sp³-hybridized carbons (Fsp3) is 0.759. The van der Waals surface area contributed by atoms with Gasteiger partial charge in [0.05, 0.1) is 8.07 Å². The van der Waals surface area contributed by atoms with Crippen LogP contribution in [0, 0.1) is 6.04 Å². The van der Waals surface area contributed by atoms with Crippen LogP contribution < -0.4 is 5.19 Å². The zero-order valence-electron chi connectivity index (χ0n) is 20.9. The lowest BCUT2D eigenvalue weighted by molar-refractivity contribution is 0.525. The van der Waals surface area contributed by atoms with Crippen molar-refractivity contribution in [2.24, 2.45) is 0 Å². The highest BCUT2D eigenvalue weighted by atomic mass is 28.3. The Kier molecular flexibility index (Phi) is 17.5. The first-order chi connectivity index (χ1) is 14.7. The van der Waals surface area contributed by atoms with Gasteiger partial charge >= 0.3 is 0 Å². The maximum Gasteiger partial charge on any atom is 0.0836 e. The van der Waals surface area contributed by atoms with Crippen LogP contribution in [-0.4, -0.2) is 8.07 Å². The molecule has 0 N–H and O–H groups in total. The Morgan fingerprint density at radius 2 is 0.900 bits per heavy atom. The van der Waals surface area contributed by atoms with Crippen LogP contribution in [0.1, 0.15) is 129 Å². The summed E-state index contributed by atoms with van der Waals surface area (Å²) in [5.74, 6) is 0. The third-order valence-corrected chi connectivity index (χ3v) is 9.86. The first-order valence-corrected chi connectivity index (χ1v) is 16.6. The highest BCUT2D eigenvalue weighted by Gasteiger charge is 2.22. The Hall–Kier alpha value is -0.563. The van der Waals surface area contributed by atoms with E-state index in [1.165, 1.54) is 122 Å². The summed E-state index contributed by atoms with van der Waals surface area (Å²) in [4.78, 5) is 0. The van der Waals surface area contributed by atoms with E-state index in [4.69, 9.17) is 0 Å². The van der Waals surface area contributed by atoms with E-state index in [1.807, 2.05) is 0 Å². The van der Waals surface area contributed by atoms with Crippen LogP contribution >= 0.6 is 0 Å². The smallest absolute Gasteiger partial charge is 0.0654 e. The summed E-state index contributed by atoms with van der Waals surface area (Å²) in [5, 5.41) is 1.58. The SMILES string of the molecule is CCCCCCCCCCCCCCCCCCCC[CH][Si](C)(C)c1ccccc1. The van der Waals surface area contributed by atoms with Crippen molar-refractivity contribution in [2.45, 2.75) is 142 Å². The van der Waals surface area contributed by atoms with E-state index in [0.717, 1.165) is 0 Å². The molecular formula is C29H53Si. The molecule has 0 amide bonds. The van der Waals surface area contributed by atoms with Crippen LogP contribution in [0.2, 0.25) is 13.1 Å². The van der Waals surface area contributed by atoms with Crippen LogP contribution in [-0.2, 0) is 0 Å². The van der Waals surface area contributed by atoms with Gasteiger partial charge in [0.1, 0.15) is 0 Å². The highest BCUT2D eigenvalue weighted by molar-refractivity contribution is 6.92. The third kappa shape index (κ3) is 15.3. The van der Waals surface area contributed by atoms with Crippen molar-refractivity contribution in [3.8, 4) is 0 Å². The molecule has 0 aliphatic rings. The van der Waals surface area contributed by atoms with Crippen molar-refractivity contribution in [3.63, 3.8) is 0 Å². The van der Waals surface area contributed by atoms with Crippen LogP contribution in [0.4, 0.5) is 0 Å². The zero-order chi connectivity index (χ0) is 21.8. The van der Waals surface area contributed by atoms with Crippen molar-refractivity contribution < 1.29 is 0 Å². The lowest BCUT2D eigenvalue weighted by Crippen LogP contribution is -2.42. The molecule has 1 radical (unpaired) electrons. The monoisotopic (exact) mass is 429 g/mol. The van der Waals surface area contributed by atoms with Gasteiger partial charge in [0.15, 0.2) is 0 Å². The molecule has 0 bridgehead atoms. The summed E-state index contributed by atoms with van der Waals surface area (Å²) in [5.41, 5.74) is 0. The molecule has 0 atom stereocenters. The predicted octanol–water partition coefficient (Wildman–Crippen LogP) is 9.78. The molecule has 0 nitrogen and oxygen atoms in total. The van der Waals surface area contributed by atoms with Crippen LogP contribution in [0.3, 0.4) is 0 Å². The summed E-state index contributed by atoms with van der Waals surface area (Å²) in [6, 6.07) is 13.8. The average Bonchev–Trinajstić information content (AvgIpc) is 2.76. The molecule has 0 aliphatic heterocycles. The first-order valence-electron chi connectivity index (χ1n) is 13.6. The lowest BCUT2D eigenvalue weighted by atomic mass is 10.0. The van der Waals surface area contributed by atoms with Crippen molar-refractivity contribution in [2.75, 3.05) is 0 Å². The Bertz CT molecular complexity index is 465. The van der Waals surface area contributed by atoms with Gasteiger partial charge in [0.25, 0.3) is 0 Å². The highest BCUT2D eigenvalue weighted by Crippen LogP contribution is 2.16. The molecule has 30 heavy (non-hydrogen) atoms. The maximum atomic E-state index is 2.66. The third-order valence-electron chi connectivity index (χ3n) is 6.73. The molecule has 0 saturated carbocycles. The topological polar surface area (TPSA) is 0 Å². The minimum atomic E-state index is -1.32. The standard InChI is InChI=1S/C29H53Si/c1-4-5-6-7-8-9-10-11-12-13-14-15-16-17-18-19-20-21-25-28-30(2,3)29-26-23-22-24-27-29/h22-24,26-28H,4-21,25H2,1-3H3. The van der Waals surface area contributed by atoms with Crippen LogP contribution in [0.15, 0.2) is 30.3 Å². The molecule has 0 spiro atoms. The van der Waals surface area contributed by atoms with Crippen molar-refractivity contribution in [1.29, 1.82) is 0 Å². The number of unbranched alkanes of at least 4 members (excludes halogenated alkanes) is 18. The second kappa shape index (κ2) is 19.1. The first kappa shape index (κ1) is 27.5. The van der Waals surface area contributed by atoms with Gasteiger partial charge in [-0.2, -0.15) is 0 Å². The average molecular weight is 430 g/mol. The van der Waals surface area contributed by atoms with Crippen molar-refractivity contribution in [3.05, 3.63) is 36.4 Å². The Balaban J connectivity index is 1.78. The molecular weight excluding hydrogens is 376 g/mol. The molecule has 0 aliphatic carbocycles. The fourth-order valence-electron chi connectivity index (χ4n) is 4.49. The summed E-state index contributed by atoms with van der Waals surface area (Å²) < 4.78 is 0. The molecule has 0 unspecified atom stereocenters. The quantitative estimate of drug-likeness (QED) is 0.135. The van der Waals surface area contributed by atoms with Crippen LogP contribution in [0.5, 0.6) is 0 Å². The number of rotatable bonds is 21. The second-order valence-electron chi connectivity index (χ2n) is 10.1. The normalized spacial score (nSPS) is 11.8. The number of hydrogen-bond donors (Lipinski definition) is 0. The molecule has 1 aromatic rings. The maximum absolute atomic E-state index is 2.66. The minimum Gasteiger partial charge on any atom is -0.0654 e. The lowest BCUT2D eigenvalue weighted by Gasteiger charge is -2.22. The molecule has 0 heterocycles. The zero-order valence-corrected chi connectivity index (χ0v) is 21.9. The predicted molar refractivity (Wildman–Crippen MR) is 141 cm³/mol. The van der Waals surface area contributed by atoms with Crippen LogP contribution in [0.25, 0.3) is 0 Å². The second-order valence-corrected chi connectivity index (χ2v) is 14.5. The van der Waals surface area contributed by atoms with Gasteiger partial charge in [-0.05, 0) is 6.04 Å². The van der Waals surface area contributed by atoms with E-state index in [0.29, 0.717) is 0 Å². The van der Waals surface area contributed by atoms with E-state index in [1.54, 1.807) is 5.19 Å². The van der Waals surface area contributed by atoms with Crippen molar-refractivity contribution >= 4 is 13.3 Å². The van der Waals surface area contributed by atoms with Gasteiger partial charge in [-0.15, -0.1) is 0 Å². The van der Waals surface area contributed by atoms with E-state index < -0.39 is 8.07 Å². The largest absolute Gasteiger partial charge is 0.0836 e. The van der Waals surface area contributed by atoms with E-state index in [9.17, 15) is 0 Å². The van der Waals surface area contributed by atoms with E-state index >= 15 is 0 Å². The molecule has 0 saturated heterocycles. The summed E-state index contributed by atoms with van der Waals surface area (Å²) in [7, 11) is -1.32. The fourth-order valence-corrected chi connectivity index (χ4v) is 6.71. The van der Waals surface area contributed by atoms with E-state index in [2.05, 4.69) is 56.4 Å². The Labute approximate surface area is 191 Å². The molecule has 1 heteroatoms. The summed E-state index contributed by atoms with van der Waals surface area (Å²) in [6.45, 7) is 7.27. The molecule has 1 aromatic carbocycles.